The molecular formula is C9H11BO. The monoisotopic (exact) mass is 146 g/mol. The zero-order valence-corrected chi connectivity index (χ0v) is 6.92. The van der Waals surface area contributed by atoms with Crippen molar-refractivity contribution in [3.63, 3.8) is 0 Å². The van der Waals surface area contributed by atoms with E-state index < -0.39 is 0 Å². The molecule has 2 heteroatoms. The van der Waals surface area contributed by atoms with E-state index in [1.807, 2.05) is 26.0 Å². The lowest BCUT2D eigenvalue weighted by Gasteiger charge is -2.04. The van der Waals surface area contributed by atoms with Crippen molar-refractivity contribution in [3.8, 4) is 5.75 Å². The summed E-state index contributed by atoms with van der Waals surface area (Å²) in [5, 5.41) is 0. The van der Waals surface area contributed by atoms with Gasteiger partial charge in [-0.05, 0) is 6.07 Å². The fraction of sp³-hybridized carbons (Fsp3) is 0.111. The second-order valence-corrected chi connectivity index (χ2v) is 2.45. The summed E-state index contributed by atoms with van der Waals surface area (Å²) in [6, 6.07) is 6.02. The largest absolute Gasteiger partial charge is 0.496 e. The molecule has 11 heavy (non-hydrogen) atoms. The lowest BCUT2D eigenvalue weighted by Crippen LogP contribution is -2.02. The van der Waals surface area contributed by atoms with Crippen molar-refractivity contribution >= 4 is 19.4 Å². The van der Waals surface area contributed by atoms with Crippen LogP contribution in [0.1, 0.15) is 5.56 Å². The molecule has 0 amide bonds. The van der Waals surface area contributed by atoms with Crippen LogP contribution in [-0.4, -0.2) is 15.0 Å². The van der Waals surface area contributed by atoms with Gasteiger partial charge >= 0.3 is 0 Å². The van der Waals surface area contributed by atoms with Gasteiger partial charge in [0, 0.05) is 5.56 Å². The van der Waals surface area contributed by atoms with Gasteiger partial charge in [0.2, 0.25) is 0 Å². The molecule has 0 aromatic heterocycles. The molecule has 0 atom stereocenters. The number of hydrogen-bond donors (Lipinski definition) is 0. The van der Waals surface area contributed by atoms with Crippen molar-refractivity contribution in [1.29, 1.82) is 0 Å². The van der Waals surface area contributed by atoms with Crippen molar-refractivity contribution in [1.82, 2.24) is 0 Å². The fourth-order valence-electron chi connectivity index (χ4n) is 1.01. The van der Waals surface area contributed by atoms with Gasteiger partial charge in [-0.15, -0.1) is 0 Å². The number of benzene rings is 1. The minimum Gasteiger partial charge on any atom is -0.496 e. The molecule has 0 unspecified atom stereocenters. The third-order valence-corrected chi connectivity index (χ3v) is 1.61. The Morgan fingerprint density at radius 2 is 2.27 bits per heavy atom. The lowest BCUT2D eigenvalue weighted by molar-refractivity contribution is 0.414. The summed E-state index contributed by atoms with van der Waals surface area (Å²) in [5.74, 6) is 0.880. The third-order valence-electron chi connectivity index (χ3n) is 1.61. The Morgan fingerprint density at radius 3 is 2.82 bits per heavy atom. The zero-order valence-electron chi connectivity index (χ0n) is 6.92. The normalized spacial score (nSPS) is 9.18. The molecule has 56 valence electrons. The highest BCUT2D eigenvalue weighted by Crippen LogP contribution is 2.16. The van der Waals surface area contributed by atoms with E-state index in [4.69, 9.17) is 4.74 Å². The molecule has 0 aliphatic rings. The van der Waals surface area contributed by atoms with Gasteiger partial charge in [0.1, 0.15) is 13.6 Å². The van der Waals surface area contributed by atoms with Crippen LogP contribution in [0.15, 0.2) is 24.8 Å². The average Bonchev–Trinajstić information content (AvgIpc) is 2.04. The molecule has 0 heterocycles. The zero-order chi connectivity index (χ0) is 8.27. The summed E-state index contributed by atoms with van der Waals surface area (Å²) in [5.41, 5.74) is 2.27. The maximum absolute atomic E-state index is 5.12. The van der Waals surface area contributed by atoms with E-state index in [-0.39, 0.29) is 0 Å². The number of rotatable bonds is 2. The lowest BCUT2D eigenvalue weighted by atomic mass is 9.94. The maximum Gasteiger partial charge on any atom is 0.139 e. The van der Waals surface area contributed by atoms with Gasteiger partial charge in [-0.1, -0.05) is 30.3 Å². The molecule has 0 spiro atoms. The SMILES string of the molecule is Bc1ccc(OC)c(C=C)c1. The molecule has 0 aliphatic carbocycles. The highest BCUT2D eigenvalue weighted by Gasteiger charge is 1.96. The molecule has 1 nitrogen and oxygen atoms in total. The van der Waals surface area contributed by atoms with Crippen molar-refractivity contribution in [2.75, 3.05) is 7.11 Å². The first kappa shape index (κ1) is 7.93. The Hall–Kier alpha value is -1.18. The van der Waals surface area contributed by atoms with Crippen LogP contribution in [-0.2, 0) is 0 Å². The first-order chi connectivity index (χ1) is 5.27. The van der Waals surface area contributed by atoms with Gasteiger partial charge in [0.15, 0.2) is 0 Å². The van der Waals surface area contributed by atoms with E-state index in [1.165, 1.54) is 5.46 Å². The molecule has 1 aromatic rings. The molecule has 1 rings (SSSR count). The summed E-state index contributed by atoms with van der Waals surface area (Å²) in [6.45, 7) is 3.70. The van der Waals surface area contributed by atoms with Crippen LogP contribution >= 0.6 is 0 Å². The van der Waals surface area contributed by atoms with Crippen LogP contribution < -0.4 is 10.2 Å². The molecule has 0 N–H and O–H groups in total. The average molecular weight is 146 g/mol. The van der Waals surface area contributed by atoms with E-state index in [1.54, 1.807) is 13.2 Å². The van der Waals surface area contributed by atoms with Crippen LogP contribution in [0.5, 0.6) is 5.75 Å². The summed E-state index contributed by atoms with van der Waals surface area (Å²) in [7, 11) is 3.71. The molecule has 0 aliphatic heterocycles. The number of ether oxygens (including phenoxy) is 1. The fourth-order valence-corrected chi connectivity index (χ4v) is 1.01. The van der Waals surface area contributed by atoms with Crippen LogP contribution in [0.4, 0.5) is 0 Å². The highest BCUT2D eigenvalue weighted by molar-refractivity contribution is 6.32. The van der Waals surface area contributed by atoms with Crippen molar-refractivity contribution in [2.45, 2.75) is 0 Å². The van der Waals surface area contributed by atoms with Crippen LogP contribution in [0.3, 0.4) is 0 Å². The standard InChI is InChI=1S/C9H11BO/c1-3-7-6-8(10)4-5-9(7)11-2/h3-6H,1,10H2,2H3. The second-order valence-electron chi connectivity index (χ2n) is 2.45. The molecule has 0 fully saturated rings. The van der Waals surface area contributed by atoms with Gasteiger partial charge < -0.3 is 4.74 Å². The minimum absolute atomic E-state index is 0.880. The van der Waals surface area contributed by atoms with Crippen molar-refractivity contribution < 1.29 is 4.74 Å². The summed E-state index contributed by atoms with van der Waals surface area (Å²) >= 11 is 0. The van der Waals surface area contributed by atoms with E-state index in [9.17, 15) is 0 Å². The Labute approximate surface area is 68.1 Å². The maximum atomic E-state index is 5.12. The Morgan fingerprint density at radius 1 is 1.55 bits per heavy atom. The molecule has 0 saturated carbocycles. The number of hydrogen-bond acceptors (Lipinski definition) is 1. The van der Waals surface area contributed by atoms with Crippen LogP contribution in [0.25, 0.3) is 6.08 Å². The first-order valence-electron chi connectivity index (χ1n) is 3.55. The summed E-state index contributed by atoms with van der Waals surface area (Å²) in [6.07, 6.45) is 1.80. The smallest absolute Gasteiger partial charge is 0.139 e. The van der Waals surface area contributed by atoms with Gasteiger partial charge in [-0.25, -0.2) is 0 Å². The number of methoxy groups -OCH3 is 1. The Balaban J connectivity index is 3.16. The summed E-state index contributed by atoms with van der Waals surface area (Å²) in [4.78, 5) is 0. The van der Waals surface area contributed by atoms with E-state index in [0.29, 0.717) is 0 Å². The van der Waals surface area contributed by atoms with Crippen LogP contribution in [0.2, 0.25) is 0 Å². The van der Waals surface area contributed by atoms with Gasteiger partial charge in [0.25, 0.3) is 0 Å². The van der Waals surface area contributed by atoms with E-state index in [2.05, 4.69) is 6.58 Å². The summed E-state index contributed by atoms with van der Waals surface area (Å²) < 4.78 is 5.12. The Bertz CT molecular complexity index is 268. The van der Waals surface area contributed by atoms with Gasteiger partial charge in [-0.3, -0.25) is 0 Å². The second kappa shape index (κ2) is 3.29. The predicted molar refractivity (Wildman–Crippen MR) is 51.3 cm³/mol. The minimum atomic E-state index is 0.880. The van der Waals surface area contributed by atoms with E-state index >= 15 is 0 Å². The van der Waals surface area contributed by atoms with Crippen molar-refractivity contribution in [2.24, 2.45) is 0 Å². The van der Waals surface area contributed by atoms with Crippen molar-refractivity contribution in [3.05, 3.63) is 30.3 Å². The quantitative estimate of drug-likeness (QED) is 0.555. The molecular weight excluding hydrogens is 135 g/mol. The highest BCUT2D eigenvalue weighted by atomic mass is 16.5. The molecule has 0 bridgehead atoms. The first-order valence-corrected chi connectivity index (χ1v) is 3.55. The molecule has 1 aromatic carbocycles. The Kier molecular flexibility index (Phi) is 2.37. The topological polar surface area (TPSA) is 9.23 Å². The predicted octanol–water partition coefficient (Wildman–Crippen LogP) is 0.597. The van der Waals surface area contributed by atoms with Gasteiger partial charge in [-0.2, -0.15) is 0 Å². The van der Waals surface area contributed by atoms with Gasteiger partial charge in [0.05, 0.1) is 7.11 Å². The van der Waals surface area contributed by atoms with Crippen LogP contribution in [0, 0.1) is 0 Å². The molecule has 0 radical (unpaired) electrons. The van der Waals surface area contributed by atoms with E-state index in [0.717, 1.165) is 11.3 Å². The third kappa shape index (κ3) is 1.64. The molecule has 0 saturated heterocycles.